The molecule has 0 spiro atoms. The van der Waals surface area contributed by atoms with Crippen LogP contribution in [0.15, 0.2) is 89.8 Å². The number of carbonyl (C=O) groups excluding carboxylic acids is 1. The molecular weight excluding hydrogens is 474 g/mol. The summed E-state index contributed by atoms with van der Waals surface area (Å²) < 4.78 is 32.5. The normalized spacial score (nSPS) is 15.1. The summed E-state index contributed by atoms with van der Waals surface area (Å²) in [4.78, 5) is 15.3. The Kier molecular flexibility index (Phi) is 8.74. The number of hydrogen-bond acceptors (Lipinski definition) is 5. The second-order valence-corrected chi connectivity index (χ2v) is 10.8. The molecule has 3 aromatic carbocycles. The molecular formula is C28H33N3O4S. The number of benzene rings is 3. The molecule has 36 heavy (non-hydrogen) atoms. The molecule has 1 amide bonds. The highest BCUT2D eigenvalue weighted by Gasteiger charge is 2.28. The molecule has 4 rings (SSSR count). The molecule has 8 heteroatoms. The average molecular weight is 508 g/mol. The van der Waals surface area contributed by atoms with Crippen LogP contribution in [0.3, 0.4) is 0 Å². The van der Waals surface area contributed by atoms with E-state index in [1.807, 2.05) is 36.4 Å². The Morgan fingerprint density at radius 1 is 0.861 bits per heavy atom. The molecule has 7 nitrogen and oxygen atoms in total. The number of rotatable bonds is 10. The smallest absolute Gasteiger partial charge is 0.243 e. The van der Waals surface area contributed by atoms with Crippen molar-refractivity contribution in [3.05, 3.63) is 96.1 Å². The minimum atomic E-state index is -3.53. The zero-order valence-corrected chi connectivity index (χ0v) is 21.4. The Hall–Kier alpha value is -3.20. The molecule has 3 aromatic rings. The zero-order chi connectivity index (χ0) is 25.4. The van der Waals surface area contributed by atoms with Gasteiger partial charge in [0.25, 0.3) is 0 Å². The van der Waals surface area contributed by atoms with E-state index in [1.54, 1.807) is 31.4 Å². The van der Waals surface area contributed by atoms with Gasteiger partial charge in [0.05, 0.1) is 12.0 Å². The largest absolute Gasteiger partial charge is 0.497 e. The van der Waals surface area contributed by atoms with E-state index in [4.69, 9.17) is 4.74 Å². The van der Waals surface area contributed by atoms with E-state index in [2.05, 4.69) is 34.5 Å². The van der Waals surface area contributed by atoms with Crippen LogP contribution in [0.25, 0.3) is 0 Å². The van der Waals surface area contributed by atoms with Crippen molar-refractivity contribution in [3.8, 4) is 5.75 Å². The van der Waals surface area contributed by atoms with Gasteiger partial charge in [0.15, 0.2) is 0 Å². The lowest BCUT2D eigenvalue weighted by molar-refractivity contribution is -0.121. The lowest BCUT2D eigenvalue weighted by atomic mass is 9.88. The fourth-order valence-corrected chi connectivity index (χ4v) is 5.92. The van der Waals surface area contributed by atoms with E-state index in [0.29, 0.717) is 51.4 Å². The predicted octanol–water partition coefficient (Wildman–Crippen LogP) is 3.34. The van der Waals surface area contributed by atoms with Crippen LogP contribution < -0.4 is 10.1 Å². The monoisotopic (exact) mass is 507 g/mol. The Morgan fingerprint density at radius 2 is 1.42 bits per heavy atom. The average Bonchev–Trinajstić information content (AvgIpc) is 2.93. The van der Waals surface area contributed by atoms with E-state index in [-0.39, 0.29) is 16.7 Å². The van der Waals surface area contributed by atoms with Gasteiger partial charge < -0.3 is 10.1 Å². The summed E-state index contributed by atoms with van der Waals surface area (Å²) in [6.45, 7) is 3.31. The van der Waals surface area contributed by atoms with Crippen molar-refractivity contribution in [1.82, 2.24) is 14.5 Å². The van der Waals surface area contributed by atoms with E-state index in [0.717, 1.165) is 11.1 Å². The van der Waals surface area contributed by atoms with Crippen molar-refractivity contribution < 1.29 is 17.9 Å². The van der Waals surface area contributed by atoms with Crippen LogP contribution in [0, 0.1) is 0 Å². The SMILES string of the molecule is COc1ccc(S(=O)(=O)N2CCN(CCNC(=O)CC(c3ccccc3)c3ccccc3)CC2)cc1. The van der Waals surface area contributed by atoms with Gasteiger partial charge in [0.1, 0.15) is 5.75 Å². The van der Waals surface area contributed by atoms with Crippen LogP contribution in [0.5, 0.6) is 5.75 Å². The first-order valence-corrected chi connectivity index (χ1v) is 13.6. The number of nitrogens with one attached hydrogen (secondary N) is 1. The van der Waals surface area contributed by atoms with Crippen LogP contribution in [-0.4, -0.2) is 69.9 Å². The summed E-state index contributed by atoms with van der Waals surface area (Å²) in [5, 5.41) is 3.05. The maximum absolute atomic E-state index is 12.9. The van der Waals surface area contributed by atoms with Crippen LogP contribution in [0.4, 0.5) is 0 Å². The quantitative estimate of drug-likeness (QED) is 0.455. The van der Waals surface area contributed by atoms with Gasteiger partial charge in [-0.2, -0.15) is 4.31 Å². The molecule has 0 aliphatic carbocycles. The summed E-state index contributed by atoms with van der Waals surface area (Å²) in [5.41, 5.74) is 2.24. The molecule has 0 saturated carbocycles. The van der Waals surface area contributed by atoms with Gasteiger partial charge in [0, 0.05) is 51.6 Å². The van der Waals surface area contributed by atoms with E-state index >= 15 is 0 Å². The molecule has 1 saturated heterocycles. The lowest BCUT2D eigenvalue weighted by Crippen LogP contribution is -2.50. The van der Waals surface area contributed by atoms with Gasteiger partial charge in [-0.3, -0.25) is 9.69 Å². The van der Waals surface area contributed by atoms with E-state index in [9.17, 15) is 13.2 Å². The molecule has 1 fully saturated rings. The standard InChI is InChI=1S/C28H33N3O4S/c1-35-25-12-14-26(15-13-25)36(33,34)31-20-18-30(19-21-31)17-16-29-28(32)22-27(23-8-4-2-5-9-23)24-10-6-3-7-11-24/h2-15,27H,16-22H2,1H3,(H,29,32). The van der Waals surface area contributed by atoms with Crippen molar-refractivity contribution in [1.29, 1.82) is 0 Å². The Labute approximate surface area is 213 Å². The maximum atomic E-state index is 12.9. The predicted molar refractivity (Wildman–Crippen MR) is 141 cm³/mol. The molecule has 0 atom stereocenters. The van der Waals surface area contributed by atoms with Gasteiger partial charge in [-0.1, -0.05) is 60.7 Å². The van der Waals surface area contributed by atoms with Gasteiger partial charge in [-0.15, -0.1) is 0 Å². The Bertz CT molecular complexity index is 1170. The van der Waals surface area contributed by atoms with Gasteiger partial charge in [-0.05, 0) is 35.4 Å². The molecule has 0 bridgehead atoms. The number of hydrogen-bond donors (Lipinski definition) is 1. The van der Waals surface area contributed by atoms with Crippen LogP contribution in [-0.2, 0) is 14.8 Å². The first-order chi connectivity index (χ1) is 17.5. The highest BCUT2D eigenvalue weighted by atomic mass is 32.2. The number of carbonyl (C=O) groups is 1. The van der Waals surface area contributed by atoms with Crippen molar-refractivity contribution in [2.75, 3.05) is 46.4 Å². The topological polar surface area (TPSA) is 79.0 Å². The third kappa shape index (κ3) is 6.51. The maximum Gasteiger partial charge on any atom is 0.243 e. The third-order valence-electron chi connectivity index (χ3n) is 6.57. The molecule has 1 aliphatic rings. The van der Waals surface area contributed by atoms with Gasteiger partial charge >= 0.3 is 0 Å². The number of methoxy groups -OCH3 is 1. The summed E-state index contributed by atoms with van der Waals surface area (Å²) in [6.07, 6.45) is 0.377. The fraction of sp³-hybridized carbons (Fsp3) is 0.321. The van der Waals surface area contributed by atoms with Gasteiger partial charge in [0.2, 0.25) is 15.9 Å². The molecule has 0 unspecified atom stereocenters. The molecule has 1 heterocycles. The van der Waals surface area contributed by atoms with Crippen LogP contribution >= 0.6 is 0 Å². The van der Waals surface area contributed by atoms with Gasteiger partial charge in [-0.25, -0.2) is 8.42 Å². The molecule has 1 N–H and O–H groups in total. The highest BCUT2D eigenvalue weighted by Crippen LogP contribution is 2.27. The number of amides is 1. The minimum absolute atomic E-state index is 0.000828. The van der Waals surface area contributed by atoms with Crippen LogP contribution in [0.1, 0.15) is 23.5 Å². The highest BCUT2D eigenvalue weighted by molar-refractivity contribution is 7.89. The summed E-state index contributed by atoms with van der Waals surface area (Å²) in [6, 6.07) is 26.7. The van der Waals surface area contributed by atoms with Crippen molar-refractivity contribution in [3.63, 3.8) is 0 Å². The number of nitrogens with zero attached hydrogens (tertiary/aromatic N) is 2. The zero-order valence-electron chi connectivity index (χ0n) is 20.5. The summed E-state index contributed by atoms with van der Waals surface area (Å²) in [7, 11) is -1.98. The third-order valence-corrected chi connectivity index (χ3v) is 8.48. The first kappa shape index (κ1) is 25.9. The Morgan fingerprint density at radius 3 is 1.94 bits per heavy atom. The van der Waals surface area contributed by atoms with Crippen molar-refractivity contribution in [2.45, 2.75) is 17.2 Å². The van der Waals surface area contributed by atoms with E-state index < -0.39 is 10.0 Å². The molecule has 0 radical (unpaired) electrons. The summed E-state index contributed by atoms with van der Waals surface area (Å²) in [5.74, 6) is 0.632. The second kappa shape index (κ2) is 12.2. The number of sulfonamides is 1. The second-order valence-electron chi connectivity index (χ2n) is 8.85. The summed E-state index contributed by atoms with van der Waals surface area (Å²) >= 11 is 0. The molecule has 0 aromatic heterocycles. The minimum Gasteiger partial charge on any atom is -0.497 e. The number of piperazine rings is 1. The van der Waals surface area contributed by atoms with Crippen molar-refractivity contribution >= 4 is 15.9 Å². The van der Waals surface area contributed by atoms with E-state index in [1.165, 1.54) is 4.31 Å². The lowest BCUT2D eigenvalue weighted by Gasteiger charge is -2.34. The number of ether oxygens (including phenoxy) is 1. The molecule has 190 valence electrons. The fourth-order valence-electron chi connectivity index (χ4n) is 4.50. The molecule has 1 aliphatic heterocycles. The first-order valence-electron chi connectivity index (χ1n) is 12.2. The van der Waals surface area contributed by atoms with Crippen molar-refractivity contribution in [2.24, 2.45) is 0 Å². The van der Waals surface area contributed by atoms with Crippen LogP contribution in [0.2, 0.25) is 0 Å². The Balaban J connectivity index is 1.25.